The van der Waals surface area contributed by atoms with Crippen molar-refractivity contribution >= 4 is 16.9 Å². The van der Waals surface area contributed by atoms with Crippen LogP contribution in [0.2, 0.25) is 0 Å². The van der Waals surface area contributed by atoms with Crippen LogP contribution in [0.15, 0.2) is 91.1 Å². The number of carboxylic acids is 1. The fraction of sp³-hybridized carbons (Fsp3) is 0.185. The molecule has 0 unspecified atom stereocenters. The van der Waals surface area contributed by atoms with Crippen molar-refractivity contribution in [3.63, 3.8) is 0 Å². The second kappa shape index (κ2) is 9.96. The lowest BCUT2D eigenvalue weighted by molar-refractivity contribution is -0.137. The van der Waals surface area contributed by atoms with Gasteiger partial charge in [-0.3, -0.25) is 9.48 Å². The molecular formula is C27H26N2O3. The maximum Gasteiger partial charge on any atom is 0.304 e. The van der Waals surface area contributed by atoms with Gasteiger partial charge in [-0.25, -0.2) is 0 Å². The van der Waals surface area contributed by atoms with Gasteiger partial charge in [-0.1, -0.05) is 66.7 Å². The van der Waals surface area contributed by atoms with Crippen molar-refractivity contribution in [3.8, 4) is 5.75 Å². The summed E-state index contributed by atoms with van der Waals surface area (Å²) < 4.78 is 7.91. The lowest BCUT2D eigenvalue weighted by Gasteiger charge is -2.12. The molecule has 0 saturated heterocycles. The first-order valence-corrected chi connectivity index (χ1v) is 10.7. The predicted octanol–water partition coefficient (Wildman–Crippen LogP) is 5.80. The molecule has 4 aromatic rings. The average molecular weight is 427 g/mol. The molecule has 1 N–H and O–H groups in total. The van der Waals surface area contributed by atoms with Crippen LogP contribution in [0.25, 0.3) is 10.9 Å². The van der Waals surface area contributed by atoms with Crippen molar-refractivity contribution < 1.29 is 14.6 Å². The number of hydrogen-bond donors (Lipinski definition) is 1. The number of benzene rings is 3. The number of hydrogen-bond acceptors (Lipinski definition) is 3. The molecule has 1 aromatic heterocycles. The zero-order valence-electron chi connectivity index (χ0n) is 18.0. The third-order valence-corrected chi connectivity index (χ3v) is 5.34. The van der Waals surface area contributed by atoms with Gasteiger partial charge in [-0.05, 0) is 41.8 Å². The molecule has 3 aromatic carbocycles. The van der Waals surface area contributed by atoms with Crippen LogP contribution in [-0.4, -0.2) is 20.9 Å². The molecule has 0 aliphatic rings. The Bertz CT molecular complexity index is 1210. The second-order valence-electron chi connectivity index (χ2n) is 7.79. The quantitative estimate of drug-likeness (QED) is 0.344. The molecule has 1 atom stereocenters. The topological polar surface area (TPSA) is 64.3 Å². The van der Waals surface area contributed by atoms with E-state index in [9.17, 15) is 4.79 Å². The summed E-state index contributed by atoms with van der Waals surface area (Å²) in [5.41, 5.74) is 4.17. The number of nitrogens with zero attached hydrogens (tertiary/aromatic N) is 2. The van der Waals surface area contributed by atoms with Gasteiger partial charge < -0.3 is 9.84 Å². The molecule has 0 saturated carbocycles. The molecule has 0 bridgehead atoms. The summed E-state index contributed by atoms with van der Waals surface area (Å²) in [6.45, 7) is 3.08. The van der Waals surface area contributed by atoms with Gasteiger partial charge in [-0.15, -0.1) is 0 Å². The summed E-state index contributed by atoms with van der Waals surface area (Å²) in [6, 6.07) is 24.1. The van der Waals surface area contributed by atoms with Gasteiger partial charge in [-0.2, -0.15) is 5.10 Å². The Morgan fingerprint density at radius 2 is 1.84 bits per heavy atom. The molecule has 0 amide bonds. The summed E-state index contributed by atoms with van der Waals surface area (Å²) >= 11 is 0. The third-order valence-electron chi connectivity index (χ3n) is 5.34. The monoisotopic (exact) mass is 426 g/mol. The number of allylic oxidation sites excluding steroid dienone is 2. The van der Waals surface area contributed by atoms with Crippen molar-refractivity contribution in [2.45, 2.75) is 32.4 Å². The van der Waals surface area contributed by atoms with E-state index in [0.717, 1.165) is 34.3 Å². The number of fused-ring (bicyclic) bond motifs is 1. The summed E-state index contributed by atoms with van der Waals surface area (Å²) in [5, 5.41) is 14.9. The SMILES string of the molecule is CC=C[C@H](CC(=O)O)c1ccc(OCc2ccc3cn(Cc4ccccc4)nc3c2)cc1. The van der Waals surface area contributed by atoms with E-state index in [4.69, 9.17) is 14.9 Å². The molecule has 162 valence electrons. The molecule has 0 radical (unpaired) electrons. The van der Waals surface area contributed by atoms with Gasteiger partial charge in [0.1, 0.15) is 12.4 Å². The Labute approximate surface area is 187 Å². The molecule has 0 aliphatic carbocycles. The highest BCUT2D eigenvalue weighted by Gasteiger charge is 2.12. The number of ether oxygens (including phenoxy) is 1. The van der Waals surface area contributed by atoms with Crippen LogP contribution in [0.1, 0.15) is 36.0 Å². The fourth-order valence-electron chi connectivity index (χ4n) is 3.75. The van der Waals surface area contributed by atoms with Crippen LogP contribution in [0.3, 0.4) is 0 Å². The minimum Gasteiger partial charge on any atom is -0.489 e. The van der Waals surface area contributed by atoms with Gasteiger partial charge in [0.15, 0.2) is 0 Å². The number of carboxylic acid groups (broad SMARTS) is 1. The molecule has 32 heavy (non-hydrogen) atoms. The maximum atomic E-state index is 11.1. The minimum absolute atomic E-state index is 0.0709. The van der Waals surface area contributed by atoms with Crippen molar-refractivity contribution in [2.75, 3.05) is 0 Å². The Kier molecular flexibility index (Phi) is 6.66. The van der Waals surface area contributed by atoms with E-state index in [1.54, 1.807) is 0 Å². The van der Waals surface area contributed by atoms with Gasteiger partial charge in [0.2, 0.25) is 0 Å². The maximum absolute atomic E-state index is 11.1. The van der Waals surface area contributed by atoms with Gasteiger partial charge in [0.25, 0.3) is 0 Å². The van der Waals surface area contributed by atoms with E-state index in [0.29, 0.717) is 6.61 Å². The van der Waals surface area contributed by atoms with Gasteiger partial charge in [0.05, 0.1) is 18.5 Å². The smallest absolute Gasteiger partial charge is 0.304 e. The Hall–Kier alpha value is -3.86. The van der Waals surface area contributed by atoms with E-state index in [1.165, 1.54) is 5.56 Å². The molecule has 0 spiro atoms. The van der Waals surface area contributed by atoms with Gasteiger partial charge >= 0.3 is 5.97 Å². The van der Waals surface area contributed by atoms with Crippen molar-refractivity contribution in [1.82, 2.24) is 9.78 Å². The van der Waals surface area contributed by atoms with Crippen LogP contribution in [0.5, 0.6) is 5.75 Å². The highest BCUT2D eigenvalue weighted by atomic mass is 16.5. The summed E-state index contributed by atoms with van der Waals surface area (Å²) in [7, 11) is 0. The first-order valence-electron chi connectivity index (χ1n) is 10.7. The molecule has 0 fully saturated rings. The van der Waals surface area contributed by atoms with Crippen LogP contribution >= 0.6 is 0 Å². The molecular weight excluding hydrogens is 400 g/mol. The molecule has 4 rings (SSSR count). The highest BCUT2D eigenvalue weighted by molar-refractivity contribution is 5.78. The molecule has 1 heterocycles. The third kappa shape index (κ3) is 5.43. The average Bonchev–Trinajstić information content (AvgIpc) is 3.19. The Balaban J connectivity index is 1.40. The van der Waals surface area contributed by atoms with E-state index >= 15 is 0 Å². The van der Waals surface area contributed by atoms with Crippen LogP contribution in [0, 0.1) is 0 Å². The van der Waals surface area contributed by atoms with E-state index in [-0.39, 0.29) is 12.3 Å². The summed E-state index contributed by atoms with van der Waals surface area (Å²) in [5.74, 6) is -0.201. The standard InChI is InChI=1S/C27H26N2O3/c1-2-6-23(16-27(30)31)22-11-13-25(14-12-22)32-19-21-9-10-24-18-29(28-26(24)15-21)17-20-7-4-3-5-8-20/h2-15,18,23H,16-17,19H2,1H3,(H,30,31)/t23-/m1/s1. The van der Waals surface area contributed by atoms with Crippen LogP contribution in [0.4, 0.5) is 0 Å². The van der Waals surface area contributed by atoms with Crippen molar-refractivity contribution in [2.24, 2.45) is 0 Å². The summed E-state index contributed by atoms with van der Waals surface area (Å²) in [6.07, 6.45) is 5.93. The van der Waals surface area contributed by atoms with Gasteiger partial charge in [0, 0.05) is 17.5 Å². The zero-order valence-corrected chi connectivity index (χ0v) is 18.0. The number of rotatable bonds is 9. The van der Waals surface area contributed by atoms with E-state index in [2.05, 4.69) is 36.5 Å². The second-order valence-corrected chi connectivity index (χ2v) is 7.79. The predicted molar refractivity (Wildman–Crippen MR) is 126 cm³/mol. The van der Waals surface area contributed by atoms with Crippen molar-refractivity contribution in [1.29, 1.82) is 0 Å². The van der Waals surface area contributed by atoms with E-state index < -0.39 is 5.97 Å². The largest absolute Gasteiger partial charge is 0.489 e. The molecule has 0 aliphatic heterocycles. The van der Waals surface area contributed by atoms with E-state index in [1.807, 2.05) is 66.2 Å². The summed E-state index contributed by atoms with van der Waals surface area (Å²) in [4.78, 5) is 11.1. The Morgan fingerprint density at radius 1 is 1.06 bits per heavy atom. The first kappa shape index (κ1) is 21.4. The number of carbonyl (C=O) groups is 1. The van der Waals surface area contributed by atoms with Crippen molar-refractivity contribution in [3.05, 3.63) is 108 Å². The zero-order chi connectivity index (χ0) is 22.3. The van der Waals surface area contributed by atoms with Crippen LogP contribution in [-0.2, 0) is 17.9 Å². The normalized spacial score (nSPS) is 12.3. The lowest BCUT2D eigenvalue weighted by Crippen LogP contribution is -2.04. The molecule has 5 heteroatoms. The lowest BCUT2D eigenvalue weighted by atomic mass is 9.95. The highest BCUT2D eigenvalue weighted by Crippen LogP contribution is 2.25. The minimum atomic E-state index is -0.810. The Morgan fingerprint density at radius 3 is 2.56 bits per heavy atom. The van der Waals surface area contributed by atoms with Crippen LogP contribution < -0.4 is 4.74 Å². The fourth-order valence-corrected chi connectivity index (χ4v) is 3.75. The number of aliphatic carboxylic acids is 1. The molecule has 5 nitrogen and oxygen atoms in total. The first-order chi connectivity index (χ1) is 15.6. The number of aromatic nitrogens is 2.